The van der Waals surface area contributed by atoms with Crippen molar-refractivity contribution in [3.63, 3.8) is 0 Å². The van der Waals surface area contributed by atoms with Crippen molar-refractivity contribution in [1.82, 2.24) is 19.6 Å². The summed E-state index contributed by atoms with van der Waals surface area (Å²) in [6.07, 6.45) is 12.5. The average Bonchev–Trinajstić information content (AvgIpc) is 3.11. The van der Waals surface area contributed by atoms with E-state index in [1.807, 2.05) is 26.4 Å². The summed E-state index contributed by atoms with van der Waals surface area (Å²) in [5.41, 5.74) is 1.84. The van der Waals surface area contributed by atoms with Gasteiger partial charge >= 0.3 is 0 Å². The molecular weight excluding hydrogens is 334 g/mol. The van der Waals surface area contributed by atoms with Crippen LogP contribution in [0.4, 0.5) is 5.82 Å². The molecule has 2 aliphatic rings. The minimum Gasteiger partial charge on any atom is -0.275 e. The van der Waals surface area contributed by atoms with E-state index in [9.17, 15) is 4.79 Å². The van der Waals surface area contributed by atoms with Gasteiger partial charge in [-0.15, -0.1) is 0 Å². The molecule has 0 unspecified atom stereocenters. The van der Waals surface area contributed by atoms with Gasteiger partial charge in [0, 0.05) is 18.8 Å². The molecule has 0 aromatic carbocycles. The zero-order valence-corrected chi connectivity index (χ0v) is 15.7. The van der Waals surface area contributed by atoms with Gasteiger partial charge in [0.05, 0.1) is 28.1 Å². The van der Waals surface area contributed by atoms with Crippen LogP contribution in [0, 0.1) is 0 Å². The molecule has 4 rings (SSSR count). The van der Waals surface area contributed by atoms with E-state index >= 15 is 0 Å². The van der Waals surface area contributed by atoms with Crippen molar-refractivity contribution in [3.8, 4) is 0 Å². The van der Waals surface area contributed by atoms with Crippen LogP contribution in [0.15, 0.2) is 22.2 Å². The lowest BCUT2D eigenvalue weighted by atomic mass is 9.97. The molecule has 2 aromatic heterocycles. The molecule has 0 radical (unpaired) electrons. The van der Waals surface area contributed by atoms with Gasteiger partial charge in [-0.3, -0.25) is 19.3 Å². The van der Waals surface area contributed by atoms with Crippen LogP contribution in [0.1, 0.15) is 74.3 Å². The summed E-state index contributed by atoms with van der Waals surface area (Å²) < 4.78 is 3.85. The first-order valence-electron chi connectivity index (χ1n) is 9.18. The number of thioether (sulfide) groups is 1. The number of nitrogens with one attached hydrogen (secondary N) is 1. The van der Waals surface area contributed by atoms with Crippen molar-refractivity contribution in [2.45, 2.75) is 63.2 Å². The van der Waals surface area contributed by atoms with Crippen LogP contribution >= 0.6 is 11.8 Å². The topological polar surface area (TPSA) is 68.0 Å². The Kier molecular flexibility index (Phi) is 4.58. The Labute approximate surface area is 151 Å². The number of aromatic amines is 1. The molecule has 25 heavy (non-hydrogen) atoms. The number of hydrogen-bond donors (Lipinski definition) is 1. The lowest BCUT2D eigenvalue weighted by Crippen LogP contribution is -2.15. The van der Waals surface area contributed by atoms with Gasteiger partial charge in [-0.05, 0) is 19.8 Å². The van der Waals surface area contributed by atoms with Crippen LogP contribution in [0.5, 0.6) is 0 Å². The van der Waals surface area contributed by atoms with Gasteiger partial charge in [0.15, 0.2) is 5.82 Å². The molecule has 1 fully saturated rings. The summed E-state index contributed by atoms with van der Waals surface area (Å²) in [5, 5.41) is 8.37. The van der Waals surface area contributed by atoms with E-state index in [0.29, 0.717) is 6.04 Å². The molecule has 0 spiro atoms. The fraction of sp³-hybridized carbons (Fsp3) is 0.611. The van der Waals surface area contributed by atoms with E-state index in [0.717, 1.165) is 34.8 Å². The first-order valence-corrected chi connectivity index (χ1v) is 10.1. The third kappa shape index (κ3) is 3.21. The number of aromatic nitrogens is 4. The fourth-order valence-electron chi connectivity index (χ4n) is 3.98. The van der Waals surface area contributed by atoms with Gasteiger partial charge < -0.3 is 0 Å². The number of hydrogen-bond acceptors (Lipinski definition) is 4. The Bertz CT molecular complexity index is 838. The second-order valence-electron chi connectivity index (χ2n) is 7.12. The molecule has 7 heteroatoms. The Morgan fingerprint density at radius 2 is 1.92 bits per heavy atom. The van der Waals surface area contributed by atoms with E-state index in [1.165, 1.54) is 32.1 Å². The van der Waals surface area contributed by atoms with Crippen LogP contribution in [0.25, 0.3) is 0 Å². The third-order valence-electron chi connectivity index (χ3n) is 5.22. The third-order valence-corrected chi connectivity index (χ3v) is 6.39. The monoisotopic (exact) mass is 359 g/mol. The van der Waals surface area contributed by atoms with E-state index in [1.54, 1.807) is 16.4 Å². The van der Waals surface area contributed by atoms with Crippen LogP contribution in [0.3, 0.4) is 0 Å². The quantitative estimate of drug-likeness (QED) is 0.878. The van der Waals surface area contributed by atoms with E-state index in [-0.39, 0.29) is 10.8 Å². The number of H-pyrrole nitrogens is 1. The maximum absolute atomic E-state index is 12.8. The van der Waals surface area contributed by atoms with Crippen LogP contribution in [-0.4, -0.2) is 24.6 Å². The smallest absolute Gasteiger partial charge is 0.271 e. The molecule has 1 aliphatic heterocycles. The number of rotatable bonds is 2. The highest BCUT2D eigenvalue weighted by Crippen LogP contribution is 2.44. The second-order valence-corrected chi connectivity index (χ2v) is 8.42. The summed E-state index contributed by atoms with van der Waals surface area (Å²) in [5.74, 6) is 0.834. The first-order chi connectivity index (χ1) is 12.1. The molecule has 1 atom stereocenters. The van der Waals surface area contributed by atoms with Crippen molar-refractivity contribution in [2.75, 3.05) is 0 Å². The maximum Gasteiger partial charge on any atom is 0.271 e. The highest BCUT2D eigenvalue weighted by Gasteiger charge is 2.32. The molecule has 1 saturated carbocycles. The first kappa shape index (κ1) is 16.7. The molecule has 0 saturated heterocycles. The van der Waals surface area contributed by atoms with Gasteiger partial charge in [-0.2, -0.15) is 5.10 Å². The Morgan fingerprint density at radius 3 is 2.60 bits per heavy atom. The fourth-order valence-corrected chi connectivity index (χ4v) is 5.04. The van der Waals surface area contributed by atoms with Gasteiger partial charge in [-0.1, -0.05) is 43.9 Å². The van der Waals surface area contributed by atoms with Crippen molar-refractivity contribution < 1.29 is 0 Å². The van der Waals surface area contributed by atoms with Crippen LogP contribution in [0.2, 0.25) is 0 Å². The number of aliphatic imine (C=N–C) groups is 1. The Balaban J connectivity index is 1.76. The molecule has 2 aromatic rings. The van der Waals surface area contributed by atoms with Crippen molar-refractivity contribution in [2.24, 2.45) is 12.0 Å². The van der Waals surface area contributed by atoms with Crippen molar-refractivity contribution in [1.29, 1.82) is 0 Å². The largest absolute Gasteiger partial charge is 0.275 e. The molecule has 0 bridgehead atoms. The van der Waals surface area contributed by atoms with E-state index < -0.39 is 0 Å². The lowest BCUT2D eigenvalue weighted by molar-refractivity contribution is 0.349. The highest BCUT2D eigenvalue weighted by atomic mass is 32.2. The predicted octanol–water partition coefficient (Wildman–Crippen LogP) is 4.08. The summed E-state index contributed by atoms with van der Waals surface area (Å²) in [7, 11) is 1.91. The van der Waals surface area contributed by atoms with Gasteiger partial charge in [0.2, 0.25) is 0 Å². The molecular formula is C18H25N5OS. The summed E-state index contributed by atoms with van der Waals surface area (Å²) >= 11 is 1.64. The standard InChI is InChI=1S/C18H25N5OS/c1-12-20-17-15(16(25-12)13-10-19-22(2)11-13)18(24)21-23(17)14-8-6-4-3-5-7-9-14/h10-11,14,16H,3-9H2,1-2H3,(H,21,24)/t16-/m0/s1. The minimum absolute atomic E-state index is 0.00494. The summed E-state index contributed by atoms with van der Waals surface area (Å²) in [4.78, 5) is 17.6. The maximum atomic E-state index is 12.8. The zero-order chi connectivity index (χ0) is 17.4. The second kappa shape index (κ2) is 6.86. The van der Waals surface area contributed by atoms with E-state index in [2.05, 4.69) is 14.9 Å². The van der Waals surface area contributed by atoms with Crippen molar-refractivity contribution >= 4 is 22.6 Å². The number of fused-ring (bicyclic) bond motifs is 1. The zero-order valence-electron chi connectivity index (χ0n) is 14.9. The normalized spacial score (nSPS) is 22.2. The van der Waals surface area contributed by atoms with Crippen molar-refractivity contribution in [3.05, 3.63) is 33.9 Å². The molecule has 1 aliphatic carbocycles. The Hall–Kier alpha value is -1.76. The lowest BCUT2D eigenvalue weighted by Gasteiger charge is -2.24. The Morgan fingerprint density at radius 1 is 1.20 bits per heavy atom. The predicted molar refractivity (Wildman–Crippen MR) is 102 cm³/mol. The van der Waals surface area contributed by atoms with Gasteiger partial charge in [-0.25, -0.2) is 4.99 Å². The number of aryl methyl sites for hydroxylation is 1. The SMILES string of the molecule is CC1=Nc2c(c(=O)[nH]n2C2CCCCCCC2)[C@H](c2cnn(C)c2)S1. The van der Waals surface area contributed by atoms with Crippen LogP contribution < -0.4 is 5.56 Å². The molecule has 0 amide bonds. The van der Waals surface area contributed by atoms with E-state index in [4.69, 9.17) is 4.99 Å². The highest BCUT2D eigenvalue weighted by molar-refractivity contribution is 8.14. The van der Waals surface area contributed by atoms with Gasteiger partial charge in [0.1, 0.15) is 0 Å². The molecule has 3 heterocycles. The molecule has 1 N–H and O–H groups in total. The number of nitrogens with zero attached hydrogens (tertiary/aromatic N) is 4. The summed E-state index contributed by atoms with van der Waals surface area (Å²) in [6.45, 7) is 2.02. The van der Waals surface area contributed by atoms with Crippen LogP contribution in [-0.2, 0) is 7.05 Å². The molecule has 6 nitrogen and oxygen atoms in total. The average molecular weight is 359 g/mol. The van der Waals surface area contributed by atoms with Gasteiger partial charge in [0.25, 0.3) is 5.56 Å². The summed E-state index contributed by atoms with van der Waals surface area (Å²) in [6, 6.07) is 0.353. The molecule has 134 valence electrons. The minimum atomic E-state index is -0.0280.